The number of nitrogens with one attached hydrogen (secondary N) is 1. The van der Waals surface area contributed by atoms with E-state index in [1.807, 2.05) is 34.8 Å². The van der Waals surface area contributed by atoms with Crippen molar-refractivity contribution in [3.63, 3.8) is 0 Å². The lowest BCUT2D eigenvalue weighted by atomic mass is 9.86. The van der Waals surface area contributed by atoms with Gasteiger partial charge in [-0.1, -0.05) is 35.4 Å². The second-order valence-electron chi connectivity index (χ2n) is 10.8. The summed E-state index contributed by atoms with van der Waals surface area (Å²) in [5, 5.41) is 15.5. The highest BCUT2D eigenvalue weighted by Crippen LogP contribution is 2.41. The van der Waals surface area contributed by atoms with Gasteiger partial charge in [0.25, 0.3) is 5.56 Å². The molecule has 3 aromatic rings. The SMILES string of the molecule is CCc1c2c(nc3ccc(OC(=O)N4CCNC5CSSCC54)cc13)-c1cc3c(c(=O)n1C2)COC(=O)[C@]3(O)CC. The van der Waals surface area contributed by atoms with E-state index in [4.69, 9.17) is 14.5 Å². The Morgan fingerprint density at radius 2 is 2.05 bits per heavy atom. The van der Waals surface area contributed by atoms with Crippen LogP contribution in [0.4, 0.5) is 4.79 Å². The monoisotopic (exact) mass is 594 g/mol. The number of benzene rings is 1. The van der Waals surface area contributed by atoms with Crippen molar-refractivity contribution in [3.8, 4) is 17.1 Å². The first-order chi connectivity index (χ1) is 19.8. The minimum Gasteiger partial charge on any atom is -0.458 e. The van der Waals surface area contributed by atoms with Crippen LogP contribution in [0, 0.1) is 0 Å². The summed E-state index contributed by atoms with van der Waals surface area (Å²) in [7, 11) is 3.62. The summed E-state index contributed by atoms with van der Waals surface area (Å²) in [4.78, 5) is 46.1. The Bertz CT molecular complexity index is 1670. The van der Waals surface area contributed by atoms with Crippen molar-refractivity contribution in [2.45, 2.75) is 57.5 Å². The van der Waals surface area contributed by atoms with Gasteiger partial charge in [-0.3, -0.25) is 4.79 Å². The number of carbonyl (C=O) groups excluding carboxylic acids is 2. The third kappa shape index (κ3) is 4.10. The van der Waals surface area contributed by atoms with Gasteiger partial charge in [-0.15, -0.1) is 0 Å². The van der Waals surface area contributed by atoms with E-state index in [-0.39, 0.29) is 36.8 Å². The zero-order valence-corrected chi connectivity index (χ0v) is 24.4. The maximum Gasteiger partial charge on any atom is 0.415 e. The van der Waals surface area contributed by atoms with Gasteiger partial charge in [0.05, 0.1) is 35.1 Å². The fourth-order valence-corrected chi connectivity index (χ4v) is 9.17. The van der Waals surface area contributed by atoms with Crippen LogP contribution in [0.25, 0.3) is 22.3 Å². The number of amides is 1. The predicted octanol–water partition coefficient (Wildman–Crippen LogP) is 3.18. The number of piperazine rings is 1. The number of fused-ring (bicyclic) bond motifs is 6. The van der Waals surface area contributed by atoms with Crippen molar-refractivity contribution in [3.05, 3.63) is 56.9 Å². The minimum absolute atomic E-state index is 0.0918. The maximum atomic E-state index is 13.6. The lowest BCUT2D eigenvalue weighted by molar-refractivity contribution is -0.172. The van der Waals surface area contributed by atoms with Gasteiger partial charge in [-0.05, 0) is 42.7 Å². The lowest BCUT2D eigenvalue weighted by Crippen LogP contribution is -2.62. The van der Waals surface area contributed by atoms with Crippen molar-refractivity contribution in [1.82, 2.24) is 19.8 Å². The second kappa shape index (κ2) is 10.0. The van der Waals surface area contributed by atoms with Gasteiger partial charge in [0.2, 0.25) is 0 Å². The highest BCUT2D eigenvalue weighted by atomic mass is 33.1. The summed E-state index contributed by atoms with van der Waals surface area (Å²) in [5.74, 6) is 1.54. The number of aryl methyl sites for hydroxylation is 1. The third-order valence-corrected chi connectivity index (χ3v) is 11.2. The number of cyclic esters (lactones) is 1. The molecule has 4 aliphatic rings. The molecule has 1 aromatic carbocycles. The molecule has 2 saturated heterocycles. The van der Waals surface area contributed by atoms with Gasteiger partial charge in [0.15, 0.2) is 5.60 Å². The van der Waals surface area contributed by atoms with Gasteiger partial charge in [0.1, 0.15) is 12.4 Å². The van der Waals surface area contributed by atoms with Crippen molar-refractivity contribution in [2.75, 3.05) is 24.6 Å². The Morgan fingerprint density at radius 1 is 1.22 bits per heavy atom. The largest absolute Gasteiger partial charge is 0.458 e. The van der Waals surface area contributed by atoms with Gasteiger partial charge in [-0.25, -0.2) is 14.6 Å². The molecule has 2 fully saturated rings. The summed E-state index contributed by atoms with van der Waals surface area (Å²) in [6.45, 7) is 5.25. The van der Waals surface area contributed by atoms with E-state index < -0.39 is 11.6 Å². The first-order valence-electron chi connectivity index (χ1n) is 13.9. The average molecular weight is 595 g/mol. The van der Waals surface area contributed by atoms with E-state index in [0.717, 1.165) is 34.6 Å². The van der Waals surface area contributed by atoms with Crippen LogP contribution >= 0.6 is 21.6 Å². The normalized spacial score (nSPS) is 24.8. The molecular formula is C29H30N4O6S2. The second-order valence-corrected chi connectivity index (χ2v) is 13.4. The zero-order chi connectivity index (χ0) is 28.5. The minimum atomic E-state index is -1.87. The van der Waals surface area contributed by atoms with E-state index in [2.05, 4.69) is 5.32 Å². The van der Waals surface area contributed by atoms with E-state index in [9.17, 15) is 19.5 Å². The molecular weight excluding hydrogens is 564 g/mol. The molecule has 4 aliphatic heterocycles. The number of nitrogens with zero attached hydrogens (tertiary/aromatic N) is 3. The van der Waals surface area contributed by atoms with E-state index in [0.29, 0.717) is 53.3 Å². The molecule has 0 spiro atoms. The molecule has 0 saturated carbocycles. The third-order valence-electron chi connectivity index (χ3n) is 8.76. The van der Waals surface area contributed by atoms with Gasteiger partial charge < -0.3 is 29.4 Å². The standard InChI is InChI=1S/C29H30N4O6S2/c1-3-16-17-9-15(39-28(36)32-8-7-30-22-13-40-41-14-24(22)32)5-6-21(17)31-25-18(16)11-33-23(25)10-20-19(26(33)34)12-38-27(35)29(20,37)4-2/h5-6,9-10,22,24,30,37H,3-4,7-8,11-14H2,1-2H3/t22?,24?,29-/m0/s1. The summed E-state index contributed by atoms with van der Waals surface area (Å²) >= 11 is 0. The van der Waals surface area contributed by atoms with Crippen LogP contribution < -0.4 is 15.6 Å². The summed E-state index contributed by atoms with van der Waals surface area (Å²) < 4.78 is 12.7. The lowest BCUT2D eigenvalue weighted by Gasteiger charge is -2.43. The summed E-state index contributed by atoms with van der Waals surface area (Å²) in [6, 6.07) is 7.56. The van der Waals surface area contributed by atoms with Crippen LogP contribution in [-0.4, -0.2) is 68.3 Å². The molecule has 0 aliphatic carbocycles. The van der Waals surface area contributed by atoms with Crippen molar-refractivity contribution < 1.29 is 24.2 Å². The fourth-order valence-electron chi connectivity index (χ4n) is 6.50. The van der Waals surface area contributed by atoms with Crippen molar-refractivity contribution in [2.24, 2.45) is 0 Å². The van der Waals surface area contributed by atoms with E-state index in [1.165, 1.54) is 0 Å². The molecule has 214 valence electrons. The van der Waals surface area contributed by atoms with E-state index in [1.54, 1.807) is 34.4 Å². The van der Waals surface area contributed by atoms with Gasteiger partial charge >= 0.3 is 12.1 Å². The van der Waals surface area contributed by atoms with Gasteiger partial charge in [0, 0.05) is 47.2 Å². The van der Waals surface area contributed by atoms with Crippen molar-refractivity contribution in [1.29, 1.82) is 0 Å². The van der Waals surface area contributed by atoms with Crippen LogP contribution in [0.1, 0.15) is 42.5 Å². The summed E-state index contributed by atoms with van der Waals surface area (Å²) in [5.41, 5.74) is 2.33. The molecule has 12 heteroatoms. The first-order valence-corrected chi connectivity index (χ1v) is 16.4. The number of hydrogen-bond donors (Lipinski definition) is 2. The number of aromatic nitrogens is 2. The van der Waals surface area contributed by atoms with Crippen LogP contribution in [0.5, 0.6) is 5.75 Å². The number of pyridine rings is 2. The molecule has 1 amide bonds. The summed E-state index contributed by atoms with van der Waals surface area (Å²) in [6.07, 6.45) is 0.428. The molecule has 0 radical (unpaired) electrons. The van der Waals surface area contributed by atoms with Crippen LogP contribution in [0.2, 0.25) is 0 Å². The molecule has 2 N–H and O–H groups in total. The van der Waals surface area contributed by atoms with E-state index >= 15 is 0 Å². The number of ether oxygens (including phenoxy) is 2. The zero-order valence-electron chi connectivity index (χ0n) is 22.8. The number of aliphatic hydroxyl groups is 1. The number of esters is 1. The molecule has 0 bridgehead atoms. The maximum absolute atomic E-state index is 13.6. The molecule has 2 aromatic heterocycles. The Balaban J connectivity index is 1.26. The van der Waals surface area contributed by atoms with Crippen LogP contribution in [0.3, 0.4) is 0 Å². The fraction of sp³-hybridized carbons (Fsp3) is 0.448. The Labute approximate surface area is 244 Å². The van der Waals surface area contributed by atoms with Crippen LogP contribution in [-0.2, 0) is 34.7 Å². The molecule has 6 heterocycles. The number of carbonyl (C=O) groups is 2. The number of rotatable bonds is 3. The number of hydrogen-bond acceptors (Lipinski definition) is 10. The molecule has 2 unspecified atom stereocenters. The first kappa shape index (κ1) is 26.8. The molecule has 3 atom stereocenters. The topological polar surface area (TPSA) is 123 Å². The Kier molecular flexibility index (Phi) is 6.57. The molecule has 7 rings (SSSR count). The highest BCUT2D eigenvalue weighted by molar-refractivity contribution is 8.76. The smallest absolute Gasteiger partial charge is 0.415 e. The predicted molar refractivity (Wildman–Crippen MR) is 157 cm³/mol. The van der Waals surface area contributed by atoms with Gasteiger partial charge in [-0.2, -0.15) is 0 Å². The quantitative estimate of drug-likeness (QED) is 0.270. The highest BCUT2D eigenvalue weighted by Gasteiger charge is 2.45. The Morgan fingerprint density at radius 3 is 2.85 bits per heavy atom. The van der Waals surface area contributed by atoms with Crippen LogP contribution in [0.15, 0.2) is 29.1 Å². The average Bonchev–Trinajstić information content (AvgIpc) is 3.36. The van der Waals surface area contributed by atoms with Crippen molar-refractivity contribution >= 4 is 44.6 Å². The molecule has 41 heavy (non-hydrogen) atoms. The Hall–Kier alpha value is -3.06. The molecule has 10 nitrogen and oxygen atoms in total.